The Kier molecular flexibility index (Phi) is 6.26. The van der Waals surface area contributed by atoms with Crippen molar-refractivity contribution in [2.75, 3.05) is 6.61 Å². The maximum atomic E-state index is 11.3. The van der Waals surface area contributed by atoms with Gasteiger partial charge in [0.15, 0.2) is 0 Å². The maximum absolute atomic E-state index is 11.3. The number of carboxylic acid groups (broad SMARTS) is 1. The molecular weight excluding hydrogens is 412 g/mol. The van der Waals surface area contributed by atoms with E-state index < -0.39 is 5.97 Å². The van der Waals surface area contributed by atoms with Gasteiger partial charge in [0, 0.05) is 6.61 Å². The summed E-state index contributed by atoms with van der Waals surface area (Å²) in [5.74, 6) is 4.05. The first-order valence-electron chi connectivity index (χ1n) is 13.8. The van der Waals surface area contributed by atoms with Gasteiger partial charge in [-0.3, -0.25) is 4.79 Å². The number of fused-ring (bicyclic) bond motifs is 7. The van der Waals surface area contributed by atoms with Gasteiger partial charge in [0.2, 0.25) is 0 Å². The summed E-state index contributed by atoms with van der Waals surface area (Å²) in [6.45, 7) is 10.0. The van der Waals surface area contributed by atoms with Crippen LogP contribution in [0.4, 0.5) is 0 Å². The molecule has 0 aromatic carbocycles. The second-order valence-electron chi connectivity index (χ2n) is 13.2. The lowest BCUT2D eigenvalue weighted by Gasteiger charge is -2.60. The number of rotatable bonds is 6. The van der Waals surface area contributed by atoms with E-state index in [1.165, 1.54) is 37.7 Å². The van der Waals surface area contributed by atoms with Crippen LogP contribution >= 0.6 is 0 Å². The molecule has 0 radical (unpaired) electrons. The number of aliphatic hydroxyl groups excluding tert-OH is 1. The highest BCUT2D eigenvalue weighted by atomic mass is 16.5. The van der Waals surface area contributed by atoms with Gasteiger partial charge in [0.1, 0.15) is 0 Å². The van der Waals surface area contributed by atoms with Crippen molar-refractivity contribution in [3.8, 4) is 0 Å². The molecule has 0 aromatic heterocycles. The Morgan fingerprint density at radius 1 is 1.21 bits per heavy atom. The summed E-state index contributed by atoms with van der Waals surface area (Å²) >= 11 is 0. The van der Waals surface area contributed by atoms with E-state index in [0.717, 1.165) is 43.4 Å². The van der Waals surface area contributed by atoms with Crippen molar-refractivity contribution in [2.24, 2.45) is 52.3 Å². The fourth-order valence-electron chi connectivity index (χ4n) is 9.85. The number of aliphatic hydroxyl groups is 1. The molecule has 4 nitrogen and oxygen atoms in total. The fourth-order valence-corrected chi connectivity index (χ4v) is 9.85. The highest BCUT2D eigenvalue weighted by Crippen LogP contribution is 2.70. The van der Waals surface area contributed by atoms with Gasteiger partial charge in [0.25, 0.3) is 0 Å². The lowest BCUT2D eigenvalue weighted by atomic mass is 9.44. The quantitative estimate of drug-likeness (QED) is 0.474. The molecule has 2 unspecified atom stereocenters. The molecule has 0 bridgehead atoms. The SMILES string of the molecule is CC(CO)CC[C@H]1O[C@H]2C[C@H]3[C@@H]4CCC5CC(CC(=O)O)=CC[C@]5(C)[C@H]4CC[C@]3(C)[C@H]2[C@@H]1C. The first kappa shape index (κ1) is 23.9. The minimum absolute atomic E-state index is 0.234. The van der Waals surface area contributed by atoms with Crippen molar-refractivity contribution in [3.05, 3.63) is 11.6 Å². The molecule has 33 heavy (non-hydrogen) atoms. The number of ether oxygens (including phenoxy) is 1. The zero-order valence-electron chi connectivity index (χ0n) is 21.3. The summed E-state index contributed by atoms with van der Waals surface area (Å²) in [7, 11) is 0. The van der Waals surface area contributed by atoms with Crippen LogP contribution in [0, 0.1) is 52.3 Å². The summed E-state index contributed by atoms with van der Waals surface area (Å²) in [4.78, 5) is 11.3. The minimum atomic E-state index is -0.678. The smallest absolute Gasteiger partial charge is 0.307 e. The van der Waals surface area contributed by atoms with Gasteiger partial charge >= 0.3 is 5.97 Å². The predicted octanol–water partition coefficient (Wildman–Crippen LogP) is 6.08. The van der Waals surface area contributed by atoms with Crippen molar-refractivity contribution in [1.29, 1.82) is 0 Å². The van der Waals surface area contributed by atoms with Gasteiger partial charge in [-0.1, -0.05) is 39.3 Å². The number of allylic oxidation sites excluding steroid dienone is 1. The van der Waals surface area contributed by atoms with Crippen LogP contribution in [0.3, 0.4) is 0 Å². The molecule has 0 spiro atoms. The van der Waals surface area contributed by atoms with E-state index in [4.69, 9.17) is 4.74 Å². The highest BCUT2D eigenvalue weighted by Gasteiger charge is 2.65. The summed E-state index contributed by atoms with van der Waals surface area (Å²) in [6.07, 6.45) is 14.1. The van der Waals surface area contributed by atoms with Gasteiger partial charge in [-0.2, -0.15) is 0 Å². The Morgan fingerprint density at radius 3 is 2.73 bits per heavy atom. The molecule has 11 atom stereocenters. The largest absolute Gasteiger partial charge is 0.481 e. The Labute approximate surface area is 200 Å². The second-order valence-corrected chi connectivity index (χ2v) is 13.2. The summed E-state index contributed by atoms with van der Waals surface area (Å²) in [5.41, 5.74) is 1.92. The molecule has 1 saturated heterocycles. The molecule has 4 aliphatic carbocycles. The third-order valence-corrected chi connectivity index (χ3v) is 11.6. The molecular formula is C29H46O4. The van der Waals surface area contributed by atoms with E-state index >= 15 is 0 Å². The van der Waals surface area contributed by atoms with Crippen LogP contribution in [0.25, 0.3) is 0 Å². The topological polar surface area (TPSA) is 66.8 Å². The van der Waals surface area contributed by atoms with Crippen LogP contribution < -0.4 is 0 Å². The molecule has 5 rings (SSSR count). The monoisotopic (exact) mass is 458 g/mol. The molecule has 5 aliphatic rings. The molecule has 4 heteroatoms. The van der Waals surface area contributed by atoms with E-state index in [1.54, 1.807) is 0 Å². The van der Waals surface area contributed by atoms with Gasteiger partial charge in [-0.05, 0) is 110 Å². The van der Waals surface area contributed by atoms with E-state index in [9.17, 15) is 15.0 Å². The Morgan fingerprint density at radius 2 is 2.00 bits per heavy atom. The van der Waals surface area contributed by atoms with E-state index in [1.807, 2.05) is 0 Å². The van der Waals surface area contributed by atoms with E-state index in [0.29, 0.717) is 46.7 Å². The summed E-state index contributed by atoms with van der Waals surface area (Å²) in [5, 5.41) is 18.7. The third-order valence-electron chi connectivity index (χ3n) is 11.6. The van der Waals surface area contributed by atoms with Crippen molar-refractivity contribution in [2.45, 2.75) is 104 Å². The van der Waals surface area contributed by atoms with Crippen LogP contribution in [0.2, 0.25) is 0 Å². The molecule has 0 aromatic rings. The van der Waals surface area contributed by atoms with Crippen LogP contribution in [0.15, 0.2) is 11.6 Å². The van der Waals surface area contributed by atoms with Crippen LogP contribution in [0.1, 0.15) is 91.9 Å². The molecule has 1 aliphatic heterocycles. The molecule has 186 valence electrons. The normalized spacial score (nSPS) is 49.4. The van der Waals surface area contributed by atoms with Crippen molar-refractivity contribution in [1.82, 2.24) is 0 Å². The van der Waals surface area contributed by atoms with Crippen molar-refractivity contribution in [3.63, 3.8) is 0 Å². The number of carboxylic acids is 1. The summed E-state index contributed by atoms with van der Waals surface area (Å²) in [6, 6.07) is 0. The number of carbonyl (C=O) groups is 1. The van der Waals surface area contributed by atoms with Gasteiger partial charge in [-0.25, -0.2) is 0 Å². The first-order chi connectivity index (χ1) is 15.7. The number of hydrogen-bond donors (Lipinski definition) is 2. The van der Waals surface area contributed by atoms with Crippen LogP contribution in [0.5, 0.6) is 0 Å². The third kappa shape index (κ3) is 3.82. The molecule has 0 amide bonds. The zero-order valence-corrected chi connectivity index (χ0v) is 21.3. The van der Waals surface area contributed by atoms with Crippen LogP contribution in [-0.2, 0) is 9.53 Å². The average Bonchev–Trinajstić information content (AvgIpc) is 3.25. The predicted molar refractivity (Wildman–Crippen MR) is 130 cm³/mol. The Balaban J connectivity index is 1.31. The second kappa shape index (κ2) is 8.66. The van der Waals surface area contributed by atoms with Gasteiger partial charge < -0.3 is 14.9 Å². The maximum Gasteiger partial charge on any atom is 0.307 e. The van der Waals surface area contributed by atoms with Crippen molar-refractivity contribution >= 4 is 5.97 Å². The Hall–Kier alpha value is -0.870. The number of aliphatic carboxylic acids is 1. The van der Waals surface area contributed by atoms with E-state index in [-0.39, 0.29) is 13.0 Å². The Bertz CT molecular complexity index is 790. The minimum Gasteiger partial charge on any atom is -0.481 e. The van der Waals surface area contributed by atoms with Crippen molar-refractivity contribution < 1.29 is 19.7 Å². The molecule has 3 saturated carbocycles. The number of hydrogen-bond acceptors (Lipinski definition) is 3. The molecule has 2 N–H and O–H groups in total. The zero-order chi connectivity index (χ0) is 23.5. The van der Waals surface area contributed by atoms with Crippen LogP contribution in [-0.4, -0.2) is 35.0 Å². The van der Waals surface area contributed by atoms with Gasteiger partial charge in [0.05, 0.1) is 18.6 Å². The first-order valence-corrected chi connectivity index (χ1v) is 13.8. The fraction of sp³-hybridized carbons (Fsp3) is 0.897. The lowest BCUT2D eigenvalue weighted by Crippen LogP contribution is -2.53. The van der Waals surface area contributed by atoms with Gasteiger partial charge in [-0.15, -0.1) is 0 Å². The summed E-state index contributed by atoms with van der Waals surface area (Å²) < 4.78 is 6.77. The van der Waals surface area contributed by atoms with E-state index in [2.05, 4.69) is 33.8 Å². The standard InChI is InChI=1S/C29H46O4/c1-17(16-30)5-8-24-18(2)27-25(33-24)15-23-21-7-6-20-13-19(14-26(31)32)9-11-28(20,3)22(21)10-12-29(23,27)4/h9,17-18,20-25,27,30H,5-8,10-16H2,1-4H3,(H,31,32)/t17?,18-,20?,21-,22+,23+,24-,25+,27+,28+,29+/m1/s1. The lowest BCUT2D eigenvalue weighted by molar-refractivity contribution is -0.136. The molecule has 4 fully saturated rings. The molecule has 1 heterocycles. The average molecular weight is 459 g/mol. The highest BCUT2D eigenvalue weighted by molar-refractivity contribution is 5.70.